The molecule has 0 unspecified atom stereocenters. The van der Waals surface area contributed by atoms with Crippen molar-refractivity contribution >= 4 is 23.4 Å². The molecule has 1 aromatic carbocycles. The SMILES string of the molecule is CC(=O)NC(=O)c1cnn2c1C(=O)N(c1ccc(C(F)(F)F)cc1)C[C@@H]2C. The fourth-order valence-electron chi connectivity index (χ4n) is 2.91. The van der Waals surface area contributed by atoms with Crippen molar-refractivity contribution in [3.8, 4) is 0 Å². The molecule has 0 saturated carbocycles. The van der Waals surface area contributed by atoms with E-state index in [0.717, 1.165) is 19.1 Å². The molecule has 0 radical (unpaired) electrons. The number of rotatable bonds is 2. The second-order valence-electron chi connectivity index (χ2n) is 6.17. The molecule has 10 heteroatoms. The summed E-state index contributed by atoms with van der Waals surface area (Å²) in [5.41, 5.74) is -0.647. The highest BCUT2D eigenvalue weighted by Crippen LogP contribution is 2.32. The molecule has 1 aliphatic heterocycles. The van der Waals surface area contributed by atoms with E-state index >= 15 is 0 Å². The minimum Gasteiger partial charge on any atom is -0.305 e. The number of benzene rings is 1. The minimum atomic E-state index is -4.48. The van der Waals surface area contributed by atoms with E-state index in [4.69, 9.17) is 0 Å². The van der Waals surface area contributed by atoms with Gasteiger partial charge in [0.2, 0.25) is 5.91 Å². The van der Waals surface area contributed by atoms with Gasteiger partial charge in [-0.25, -0.2) is 0 Å². The Morgan fingerprint density at radius 2 is 1.85 bits per heavy atom. The second-order valence-corrected chi connectivity index (χ2v) is 6.17. The van der Waals surface area contributed by atoms with E-state index in [1.54, 1.807) is 6.92 Å². The van der Waals surface area contributed by atoms with Crippen LogP contribution in [0.2, 0.25) is 0 Å². The number of hydrogen-bond donors (Lipinski definition) is 1. The molecule has 0 spiro atoms. The molecule has 1 aromatic heterocycles. The molecule has 0 bridgehead atoms. The molecular weight excluding hydrogens is 365 g/mol. The van der Waals surface area contributed by atoms with Crippen LogP contribution in [0.4, 0.5) is 18.9 Å². The Labute approximate surface area is 151 Å². The number of carbonyl (C=O) groups is 3. The van der Waals surface area contributed by atoms with Gasteiger partial charge in [-0.05, 0) is 31.2 Å². The highest BCUT2D eigenvalue weighted by Gasteiger charge is 2.36. The van der Waals surface area contributed by atoms with Gasteiger partial charge in [-0.15, -0.1) is 0 Å². The molecule has 3 amide bonds. The minimum absolute atomic E-state index is 0.0209. The monoisotopic (exact) mass is 380 g/mol. The van der Waals surface area contributed by atoms with E-state index in [9.17, 15) is 27.6 Å². The van der Waals surface area contributed by atoms with Crippen molar-refractivity contribution < 1.29 is 27.6 Å². The summed E-state index contributed by atoms with van der Waals surface area (Å²) < 4.78 is 39.6. The lowest BCUT2D eigenvalue weighted by atomic mass is 10.1. The molecular formula is C17H15F3N4O3. The first kappa shape index (κ1) is 18.6. The van der Waals surface area contributed by atoms with E-state index in [2.05, 4.69) is 10.4 Å². The maximum absolute atomic E-state index is 12.9. The van der Waals surface area contributed by atoms with Crippen molar-refractivity contribution in [2.45, 2.75) is 26.1 Å². The number of hydrogen-bond acceptors (Lipinski definition) is 4. The summed E-state index contributed by atoms with van der Waals surface area (Å²) in [5, 5.41) is 6.12. The number of aromatic nitrogens is 2. The summed E-state index contributed by atoms with van der Waals surface area (Å²) in [7, 11) is 0. The van der Waals surface area contributed by atoms with Crippen LogP contribution in [0.3, 0.4) is 0 Å². The van der Waals surface area contributed by atoms with Crippen LogP contribution in [-0.4, -0.2) is 34.0 Å². The average Bonchev–Trinajstić information content (AvgIpc) is 3.03. The highest BCUT2D eigenvalue weighted by molar-refractivity contribution is 6.15. The number of nitrogens with one attached hydrogen (secondary N) is 1. The zero-order chi connectivity index (χ0) is 19.9. The van der Waals surface area contributed by atoms with Gasteiger partial charge in [-0.2, -0.15) is 18.3 Å². The standard InChI is InChI=1S/C17H15F3N4O3/c1-9-8-23(12-5-3-11(4-6-12)17(18,19)20)16(27)14-13(7-21-24(9)14)15(26)22-10(2)25/h3-7,9H,8H2,1-2H3,(H,22,25,26)/t9-/m0/s1. The normalized spacial score (nSPS) is 16.9. The fraction of sp³-hybridized carbons (Fsp3) is 0.294. The third kappa shape index (κ3) is 3.42. The second kappa shape index (κ2) is 6.53. The van der Waals surface area contributed by atoms with E-state index in [-0.39, 0.29) is 29.5 Å². The number of carbonyl (C=O) groups excluding carboxylic acids is 3. The smallest absolute Gasteiger partial charge is 0.305 e. The molecule has 3 rings (SSSR count). The summed E-state index contributed by atoms with van der Waals surface area (Å²) in [4.78, 5) is 37.5. The number of imide groups is 1. The maximum atomic E-state index is 12.9. The fourth-order valence-corrected chi connectivity index (χ4v) is 2.91. The lowest BCUT2D eigenvalue weighted by molar-refractivity contribution is -0.137. The van der Waals surface area contributed by atoms with Gasteiger partial charge in [0.15, 0.2) is 0 Å². The Bertz CT molecular complexity index is 918. The number of fused-ring (bicyclic) bond motifs is 1. The van der Waals surface area contributed by atoms with Crippen LogP contribution in [0.5, 0.6) is 0 Å². The lowest BCUT2D eigenvalue weighted by Gasteiger charge is -2.32. The van der Waals surface area contributed by atoms with E-state index in [1.165, 1.54) is 27.9 Å². The van der Waals surface area contributed by atoms with Gasteiger partial charge in [0.1, 0.15) is 5.69 Å². The Hall–Kier alpha value is -3.17. The van der Waals surface area contributed by atoms with E-state index in [0.29, 0.717) is 0 Å². The highest BCUT2D eigenvalue weighted by atomic mass is 19.4. The maximum Gasteiger partial charge on any atom is 0.416 e. The van der Waals surface area contributed by atoms with Gasteiger partial charge >= 0.3 is 6.18 Å². The Balaban J connectivity index is 1.97. The number of alkyl halides is 3. The third-order valence-electron chi connectivity index (χ3n) is 4.15. The van der Waals surface area contributed by atoms with Crippen LogP contribution < -0.4 is 10.2 Å². The first-order chi connectivity index (χ1) is 12.6. The summed E-state index contributed by atoms with van der Waals surface area (Å²) in [6, 6.07) is 3.87. The van der Waals surface area contributed by atoms with Gasteiger partial charge in [-0.3, -0.25) is 24.4 Å². The zero-order valence-electron chi connectivity index (χ0n) is 14.4. The third-order valence-corrected chi connectivity index (χ3v) is 4.15. The van der Waals surface area contributed by atoms with Crippen LogP contribution in [-0.2, 0) is 11.0 Å². The molecule has 7 nitrogen and oxygen atoms in total. The number of nitrogens with zero attached hydrogens (tertiary/aromatic N) is 3. The molecule has 142 valence electrons. The Morgan fingerprint density at radius 1 is 1.22 bits per heavy atom. The molecule has 27 heavy (non-hydrogen) atoms. The van der Waals surface area contributed by atoms with Crippen molar-refractivity contribution in [2.24, 2.45) is 0 Å². The summed E-state index contributed by atoms with van der Waals surface area (Å²) >= 11 is 0. The number of halogens is 3. The molecule has 0 aliphatic carbocycles. The topological polar surface area (TPSA) is 84.3 Å². The molecule has 0 saturated heterocycles. The first-order valence-corrected chi connectivity index (χ1v) is 7.98. The summed E-state index contributed by atoms with van der Waals surface area (Å²) in [6.07, 6.45) is -3.29. The van der Waals surface area contributed by atoms with Crippen molar-refractivity contribution in [1.82, 2.24) is 15.1 Å². The van der Waals surface area contributed by atoms with Gasteiger partial charge in [0.25, 0.3) is 11.8 Å². The van der Waals surface area contributed by atoms with E-state index < -0.39 is 29.5 Å². The van der Waals surface area contributed by atoms with Gasteiger partial charge in [0, 0.05) is 19.2 Å². The van der Waals surface area contributed by atoms with Crippen molar-refractivity contribution in [2.75, 3.05) is 11.4 Å². The molecule has 1 aliphatic rings. The van der Waals surface area contributed by atoms with Crippen molar-refractivity contribution in [3.05, 3.63) is 47.3 Å². The predicted molar refractivity (Wildman–Crippen MR) is 88.2 cm³/mol. The number of anilines is 1. The van der Waals surface area contributed by atoms with E-state index in [1.807, 2.05) is 0 Å². The van der Waals surface area contributed by atoms with Gasteiger partial charge < -0.3 is 4.90 Å². The molecule has 2 aromatic rings. The van der Waals surface area contributed by atoms with Crippen molar-refractivity contribution in [3.63, 3.8) is 0 Å². The quantitative estimate of drug-likeness (QED) is 0.867. The predicted octanol–water partition coefficient (Wildman–Crippen LogP) is 2.40. The molecule has 0 fully saturated rings. The first-order valence-electron chi connectivity index (χ1n) is 7.98. The zero-order valence-corrected chi connectivity index (χ0v) is 14.4. The molecule has 2 heterocycles. The largest absolute Gasteiger partial charge is 0.416 e. The number of amides is 3. The van der Waals surface area contributed by atoms with Crippen LogP contribution in [0, 0.1) is 0 Å². The Kier molecular flexibility index (Phi) is 4.50. The van der Waals surface area contributed by atoms with Gasteiger partial charge in [0.05, 0.1) is 23.4 Å². The van der Waals surface area contributed by atoms with Gasteiger partial charge in [-0.1, -0.05) is 0 Å². The summed E-state index contributed by atoms with van der Waals surface area (Å²) in [5.74, 6) is -1.94. The summed E-state index contributed by atoms with van der Waals surface area (Å²) in [6.45, 7) is 3.09. The Morgan fingerprint density at radius 3 is 2.41 bits per heavy atom. The molecule has 1 atom stereocenters. The lowest BCUT2D eigenvalue weighted by Crippen LogP contribution is -2.44. The van der Waals surface area contributed by atoms with Crippen LogP contribution in [0.1, 0.15) is 46.3 Å². The average molecular weight is 380 g/mol. The van der Waals surface area contributed by atoms with Crippen LogP contribution in [0.25, 0.3) is 0 Å². The molecule has 1 N–H and O–H groups in total. The van der Waals surface area contributed by atoms with Crippen LogP contribution >= 0.6 is 0 Å². The van der Waals surface area contributed by atoms with Crippen LogP contribution in [0.15, 0.2) is 30.5 Å². The van der Waals surface area contributed by atoms with Crippen molar-refractivity contribution in [1.29, 1.82) is 0 Å².